The molecule has 0 aromatic carbocycles. The Morgan fingerprint density at radius 1 is 1.36 bits per heavy atom. The third-order valence-electron chi connectivity index (χ3n) is 1.68. The Labute approximate surface area is 63.8 Å². The molecule has 11 heavy (non-hydrogen) atoms. The molecule has 0 saturated heterocycles. The zero-order chi connectivity index (χ0) is 7.84. The third-order valence-corrected chi connectivity index (χ3v) is 1.68. The number of nitrogens with zero attached hydrogens (tertiary/aromatic N) is 3. The van der Waals surface area contributed by atoms with Crippen molar-refractivity contribution in [2.75, 3.05) is 0 Å². The fourth-order valence-electron chi connectivity index (χ4n) is 1.14. The highest BCUT2D eigenvalue weighted by atomic mass is 15.0. The molecule has 0 fully saturated rings. The molecular weight excluding hydrogens is 138 g/mol. The molecule has 0 N–H and O–H groups in total. The van der Waals surface area contributed by atoms with Crippen LogP contribution in [0.5, 0.6) is 0 Å². The van der Waals surface area contributed by atoms with Crippen molar-refractivity contribution in [1.82, 2.24) is 9.97 Å². The van der Waals surface area contributed by atoms with Crippen molar-refractivity contribution in [3.05, 3.63) is 16.9 Å². The highest BCUT2D eigenvalue weighted by Gasteiger charge is 2.03. The van der Waals surface area contributed by atoms with Crippen LogP contribution in [0.1, 0.15) is 6.92 Å². The minimum absolute atomic E-state index is 0.738. The maximum absolute atomic E-state index is 4.09. The summed E-state index contributed by atoms with van der Waals surface area (Å²) in [6.45, 7) is 5.77. The van der Waals surface area contributed by atoms with E-state index in [1.54, 1.807) is 6.21 Å². The lowest BCUT2D eigenvalue weighted by atomic mass is 10.2. The van der Waals surface area contributed by atoms with Gasteiger partial charge in [-0.05, 0) is 12.5 Å². The van der Waals surface area contributed by atoms with Crippen LogP contribution in [0.25, 0.3) is 12.2 Å². The molecule has 1 aliphatic rings. The van der Waals surface area contributed by atoms with Crippen LogP contribution in [0, 0.1) is 0 Å². The Hall–Kier alpha value is -1.51. The lowest BCUT2D eigenvalue weighted by Crippen LogP contribution is -2.27. The van der Waals surface area contributed by atoms with Gasteiger partial charge >= 0.3 is 0 Å². The van der Waals surface area contributed by atoms with Gasteiger partial charge in [0.05, 0.1) is 5.35 Å². The quantitative estimate of drug-likeness (QED) is 0.506. The van der Waals surface area contributed by atoms with E-state index in [0.29, 0.717) is 0 Å². The smallest absolute Gasteiger partial charge is 0.163 e. The molecule has 0 atom stereocenters. The molecule has 0 amide bonds. The molecule has 0 radical (unpaired) electrons. The van der Waals surface area contributed by atoms with Gasteiger partial charge in [0.1, 0.15) is 6.33 Å². The average Bonchev–Trinajstić information content (AvgIpc) is 2.34. The molecule has 0 saturated carbocycles. The Balaban J connectivity index is 3.03. The molecule has 1 aliphatic heterocycles. The number of aromatic nitrogens is 2. The summed E-state index contributed by atoms with van der Waals surface area (Å²) in [5.41, 5.74) is 1.09. The zero-order valence-corrected chi connectivity index (χ0v) is 6.20. The van der Waals surface area contributed by atoms with Crippen LogP contribution >= 0.6 is 0 Å². The minimum Gasteiger partial charge on any atom is -0.237 e. The molecule has 1 aromatic rings. The molecule has 0 bridgehead atoms. The number of fused-ring (bicyclic) bond motifs is 1. The molecule has 54 valence electrons. The third kappa shape index (κ3) is 0.774. The lowest BCUT2D eigenvalue weighted by Gasteiger charge is -1.88. The van der Waals surface area contributed by atoms with Gasteiger partial charge in [-0.1, -0.05) is 6.58 Å². The second kappa shape index (κ2) is 1.99. The Kier molecular flexibility index (Phi) is 1.12. The van der Waals surface area contributed by atoms with Gasteiger partial charge in [0, 0.05) is 11.4 Å². The van der Waals surface area contributed by atoms with Crippen LogP contribution in [-0.4, -0.2) is 16.2 Å². The zero-order valence-electron chi connectivity index (χ0n) is 6.20. The van der Waals surface area contributed by atoms with Crippen molar-refractivity contribution < 1.29 is 0 Å². The van der Waals surface area contributed by atoms with Gasteiger partial charge < -0.3 is 0 Å². The summed E-state index contributed by atoms with van der Waals surface area (Å²) in [4.78, 5) is 12.1. The standard InChI is InChI=1S/C8H7N3/c1-5-3-9-8-7(5)6(2)10-4-11-8/h3-4H,2H2,1H3. The van der Waals surface area contributed by atoms with Crippen LogP contribution in [0.15, 0.2) is 11.3 Å². The SMILES string of the molecule is C=c1ncnc2c1=C(C)C=N2. The average molecular weight is 145 g/mol. The highest BCUT2D eigenvalue weighted by molar-refractivity contribution is 6.05. The molecule has 2 heterocycles. The van der Waals surface area contributed by atoms with Crippen LogP contribution in [-0.2, 0) is 0 Å². The van der Waals surface area contributed by atoms with Gasteiger partial charge in [0.25, 0.3) is 0 Å². The first-order chi connectivity index (χ1) is 5.29. The van der Waals surface area contributed by atoms with E-state index in [4.69, 9.17) is 0 Å². The highest BCUT2D eigenvalue weighted by Crippen LogP contribution is 2.03. The van der Waals surface area contributed by atoms with Crippen molar-refractivity contribution in [2.24, 2.45) is 4.99 Å². The summed E-state index contributed by atoms with van der Waals surface area (Å²) < 4.78 is 0. The second-order valence-electron chi connectivity index (χ2n) is 2.46. The summed E-state index contributed by atoms with van der Waals surface area (Å²) in [6, 6.07) is 0. The van der Waals surface area contributed by atoms with E-state index < -0.39 is 0 Å². The predicted molar refractivity (Wildman–Crippen MR) is 44.0 cm³/mol. The number of rotatable bonds is 0. The van der Waals surface area contributed by atoms with E-state index in [0.717, 1.165) is 22.0 Å². The van der Waals surface area contributed by atoms with Crippen LogP contribution in [0.3, 0.4) is 0 Å². The first kappa shape index (κ1) is 6.22. The number of hydrogen-bond acceptors (Lipinski definition) is 3. The molecular formula is C8H7N3. The first-order valence-corrected chi connectivity index (χ1v) is 3.34. The van der Waals surface area contributed by atoms with Crippen molar-refractivity contribution in [1.29, 1.82) is 0 Å². The Morgan fingerprint density at radius 3 is 2.91 bits per heavy atom. The van der Waals surface area contributed by atoms with Gasteiger partial charge in [-0.15, -0.1) is 0 Å². The fraction of sp³-hybridized carbons (Fsp3) is 0.125. The van der Waals surface area contributed by atoms with Gasteiger partial charge in [-0.3, -0.25) is 0 Å². The number of aliphatic imine (C=N–C) groups is 1. The summed E-state index contributed by atoms with van der Waals surface area (Å²) in [5.74, 6) is 0.738. The molecule has 3 heteroatoms. The van der Waals surface area contributed by atoms with E-state index >= 15 is 0 Å². The maximum atomic E-state index is 4.09. The van der Waals surface area contributed by atoms with Crippen molar-refractivity contribution in [3.63, 3.8) is 0 Å². The van der Waals surface area contributed by atoms with Crippen molar-refractivity contribution in [2.45, 2.75) is 6.92 Å². The summed E-state index contributed by atoms with van der Waals surface area (Å²) in [5, 5.41) is 1.73. The first-order valence-electron chi connectivity index (χ1n) is 3.34. The van der Waals surface area contributed by atoms with Gasteiger partial charge in [-0.2, -0.15) is 0 Å². The predicted octanol–water partition coefficient (Wildman–Crippen LogP) is -0.227. The van der Waals surface area contributed by atoms with Crippen LogP contribution < -0.4 is 10.6 Å². The summed E-state index contributed by atoms with van der Waals surface area (Å²) in [6.07, 6.45) is 3.27. The van der Waals surface area contributed by atoms with E-state index in [-0.39, 0.29) is 0 Å². The van der Waals surface area contributed by atoms with Gasteiger partial charge in [0.15, 0.2) is 5.82 Å². The topological polar surface area (TPSA) is 38.1 Å². The van der Waals surface area contributed by atoms with Crippen molar-refractivity contribution >= 4 is 24.2 Å². The molecule has 3 nitrogen and oxygen atoms in total. The summed E-state index contributed by atoms with van der Waals surface area (Å²) >= 11 is 0. The number of hydrogen-bond donors (Lipinski definition) is 0. The lowest BCUT2D eigenvalue weighted by molar-refractivity contribution is 1.10. The van der Waals surface area contributed by atoms with E-state index in [1.807, 2.05) is 6.92 Å². The maximum Gasteiger partial charge on any atom is 0.163 e. The van der Waals surface area contributed by atoms with Crippen LogP contribution in [0.4, 0.5) is 5.82 Å². The largest absolute Gasteiger partial charge is 0.237 e. The molecule has 0 aliphatic carbocycles. The summed E-state index contributed by atoms with van der Waals surface area (Å²) in [7, 11) is 0. The molecule has 0 spiro atoms. The second-order valence-corrected chi connectivity index (χ2v) is 2.46. The van der Waals surface area contributed by atoms with Gasteiger partial charge in [0.2, 0.25) is 0 Å². The minimum atomic E-state index is 0.738. The van der Waals surface area contributed by atoms with Gasteiger partial charge in [-0.25, -0.2) is 15.0 Å². The normalized spacial score (nSPS) is 13.7. The van der Waals surface area contributed by atoms with Crippen molar-refractivity contribution in [3.8, 4) is 0 Å². The van der Waals surface area contributed by atoms with Crippen LogP contribution in [0.2, 0.25) is 0 Å². The van der Waals surface area contributed by atoms with E-state index in [9.17, 15) is 0 Å². The fourth-order valence-corrected chi connectivity index (χ4v) is 1.14. The molecule has 1 aromatic heterocycles. The molecule has 2 rings (SSSR count). The van der Waals surface area contributed by atoms with E-state index in [2.05, 4.69) is 21.5 Å². The van der Waals surface area contributed by atoms with E-state index in [1.165, 1.54) is 6.33 Å². The Bertz CT molecular complexity index is 431. The molecule has 0 unspecified atom stereocenters. The Morgan fingerprint density at radius 2 is 2.18 bits per heavy atom. The monoisotopic (exact) mass is 145 g/mol.